The van der Waals surface area contributed by atoms with E-state index >= 15 is 0 Å². The van der Waals surface area contributed by atoms with Gasteiger partial charge in [0.25, 0.3) is 0 Å². The average Bonchev–Trinajstić information content (AvgIpc) is 2.84. The molecule has 0 spiro atoms. The zero-order valence-corrected chi connectivity index (χ0v) is 22.7. The minimum absolute atomic E-state index is 0.257. The van der Waals surface area contributed by atoms with E-state index in [0.29, 0.717) is 0 Å². The number of phenols is 1. The van der Waals surface area contributed by atoms with Crippen molar-refractivity contribution in [2.75, 3.05) is 13.2 Å². The maximum Gasteiger partial charge on any atom is 0.128 e. The zero-order valence-electron chi connectivity index (χ0n) is 22.7. The molecule has 196 valence electrons. The van der Waals surface area contributed by atoms with E-state index in [0.717, 1.165) is 37.3 Å². The summed E-state index contributed by atoms with van der Waals surface area (Å²) in [7, 11) is 0. The molecule has 0 saturated heterocycles. The molecule has 0 amide bonds. The molecule has 34 heavy (non-hydrogen) atoms. The number of aromatic hydroxyl groups is 1. The van der Waals surface area contributed by atoms with Gasteiger partial charge in [-0.1, -0.05) is 129 Å². The van der Waals surface area contributed by atoms with Crippen LogP contribution in [0.4, 0.5) is 0 Å². The van der Waals surface area contributed by atoms with E-state index in [4.69, 9.17) is 4.74 Å². The van der Waals surface area contributed by atoms with Crippen LogP contribution in [0.25, 0.3) is 0 Å². The van der Waals surface area contributed by atoms with Gasteiger partial charge < -0.3 is 9.84 Å². The minimum Gasteiger partial charge on any atom is -0.507 e. The Labute approximate surface area is 211 Å². The molecule has 0 fully saturated rings. The Kier molecular flexibility index (Phi) is 20.9. The van der Waals surface area contributed by atoms with E-state index < -0.39 is 0 Å². The minimum atomic E-state index is 0.257. The Morgan fingerprint density at radius 1 is 0.647 bits per heavy atom. The van der Waals surface area contributed by atoms with Gasteiger partial charge in [-0.3, -0.25) is 4.99 Å². The molecule has 3 heteroatoms. The topological polar surface area (TPSA) is 41.8 Å². The van der Waals surface area contributed by atoms with Gasteiger partial charge in [-0.05, 0) is 25.0 Å². The standard InChI is InChI=1S/C31H55NO2/c1-3-5-7-9-11-13-15-17-19-21-25-32-28-29-23-24-30(27-31(29)33)34-26-22-20-18-16-14-12-10-8-6-4-2/h23-24,27-28,33H,3-22,25-26H2,1-2H3. The van der Waals surface area contributed by atoms with Crippen molar-refractivity contribution < 1.29 is 9.84 Å². The third kappa shape index (κ3) is 17.9. The molecule has 3 nitrogen and oxygen atoms in total. The third-order valence-electron chi connectivity index (χ3n) is 6.64. The van der Waals surface area contributed by atoms with Crippen LogP contribution in [0.2, 0.25) is 0 Å². The van der Waals surface area contributed by atoms with Crippen LogP contribution in [0.3, 0.4) is 0 Å². The molecule has 1 aromatic carbocycles. The van der Waals surface area contributed by atoms with E-state index in [2.05, 4.69) is 18.8 Å². The normalized spacial score (nSPS) is 11.5. The molecule has 0 aromatic heterocycles. The third-order valence-corrected chi connectivity index (χ3v) is 6.64. The fourth-order valence-corrected chi connectivity index (χ4v) is 4.36. The molecular formula is C31H55NO2. The number of benzene rings is 1. The van der Waals surface area contributed by atoms with Gasteiger partial charge in [0, 0.05) is 24.4 Å². The van der Waals surface area contributed by atoms with Crippen molar-refractivity contribution in [3.05, 3.63) is 23.8 Å². The molecule has 0 aliphatic carbocycles. The number of nitrogens with zero attached hydrogens (tertiary/aromatic N) is 1. The fourth-order valence-electron chi connectivity index (χ4n) is 4.36. The maximum absolute atomic E-state index is 10.3. The lowest BCUT2D eigenvalue weighted by Crippen LogP contribution is -1.97. The van der Waals surface area contributed by atoms with Crippen LogP contribution in [0.15, 0.2) is 23.2 Å². The fraction of sp³-hybridized carbons (Fsp3) is 0.774. The lowest BCUT2D eigenvalue weighted by atomic mass is 10.1. The first-order chi connectivity index (χ1) is 16.8. The first-order valence-electron chi connectivity index (χ1n) is 14.7. The Bertz CT molecular complexity index is 599. The van der Waals surface area contributed by atoms with Crippen molar-refractivity contribution in [2.24, 2.45) is 4.99 Å². The molecule has 0 atom stereocenters. The molecule has 0 radical (unpaired) electrons. The van der Waals surface area contributed by atoms with Crippen molar-refractivity contribution in [1.29, 1.82) is 0 Å². The number of hydrogen-bond donors (Lipinski definition) is 1. The van der Waals surface area contributed by atoms with Gasteiger partial charge >= 0.3 is 0 Å². The predicted molar refractivity (Wildman–Crippen MR) is 150 cm³/mol. The van der Waals surface area contributed by atoms with E-state index in [9.17, 15) is 5.11 Å². The van der Waals surface area contributed by atoms with Crippen LogP contribution in [-0.2, 0) is 0 Å². The second kappa shape index (κ2) is 23.2. The summed E-state index contributed by atoms with van der Waals surface area (Å²) >= 11 is 0. The summed E-state index contributed by atoms with van der Waals surface area (Å²) < 4.78 is 5.83. The maximum atomic E-state index is 10.3. The van der Waals surface area contributed by atoms with Crippen LogP contribution >= 0.6 is 0 Å². The summed E-state index contributed by atoms with van der Waals surface area (Å²) in [5.74, 6) is 1.01. The molecule has 0 bridgehead atoms. The van der Waals surface area contributed by atoms with Crippen LogP contribution in [-0.4, -0.2) is 24.5 Å². The molecular weight excluding hydrogens is 418 g/mol. The van der Waals surface area contributed by atoms with Crippen molar-refractivity contribution in [3.63, 3.8) is 0 Å². The molecule has 0 aliphatic heterocycles. The Morgan fingerprint density at radius 2 is 1.12 bits per heavy atom. The smallest absolute Gasteiger partial charge is 0.128 e. The summed E-state index contributed by atoms with van der Waals surface area (Å²) in [6, 6.07) is 5.57. The highest BCUT2D eigenvalue weighted by Gasteiger charge is 2.02. The quantitative estimate of drug-likeness (QED) is 0.120. The highest BCUT2D eigenvalue weighted by Crippen LogP contribution is 2.23. The molecule has 0 aliphatic rings. The van der Waals surface area contributed by atoms with Gasteiger partial charge in [-0.2, -0.15) is 0 Å². The Morgan fingerprint density at radius 3 is 1.62 bits per heavy atom. The highest BCUT2D eigenvalue weighted by atomic mass is 16.5. The lowest BCUT2D eigenvalue weighted by Gasteiger charge is -2.08. The zero-order chi connectivity index (χ0) is 24.5. The van der Waals surface area contributed by atoms with Crippen LogP contribution in [0, 0.1) is 0 Å². The van der Waals surface area contributed by atoms with Gasteiger partial charge in [0.15, 0.2) is 0 Å². The molecule has 1 aromatic rings. The van der Waals surface area contributed by atoms with Crippen molar-refractivity contribution in [3.8, 4) is 11.5 Å². The predicted octanol–water partition coefficient (Wildman–Crippen LogP) is 10.0. The molecule has 0 heterocycles. The molecule has 1 rings (SSSR count). The van der Waals surface area contributed by atoms with Crippen LogP contribution < -0.4 is 4.74 Å². The Hall–Kier alpha value is -1.51. The lowest BCUT2D eigenvalue weighted by molar-refractivity contribution is 0.302. The molecule has 1 N–H and O–H groups in total. The summed E-state index contributed by atoms with van der Waals surface area (Å²) in [5, 5.41) is 10.3. The largest absolute Gasteiger partial charge is 0.507 e. The van der Waals surface area contributed by atoms with Gasteiger partial charge in [0.1, 0.15) is 11.5 Å². The van der Waals surface area contributed by atoms with Gasteiger partial charge in [0.2, 0.25) is 0 Å². The van der Waals surface area contributed by atoms with E-state index in [1.165, 1.54) is 116 Å². The highest BCUT2D eigenvalue weighted by molar-refractivity contribution is 5.83. The number of aliphatic imine (C=N–C) groups is 1. The van der Waals surface area contributed by atoms with Gasteiger partial charge in [-0.15, -0.1) is 0 Å². The number of hydrogen-bond acceptors (Lipinski definition) is 3. The van der Waals surface area contributed by atoms with E-state index in [-0.39, 0.29) is 5.75 Å². The van der Waals surface area contributed by atoms with Crippen molar-refractivity contribution >= 4 is 6.21 Å². The second-order valence-electron chi connectivity index (χ2n) is 9.97. The van der Waals surface area contributed by atoms with E-state index in [1.807, 2.05) is 12.1 Å². The number of unbranched alkanes of at least 4 members (excludes halogenated alkanes) is 18. The summed E-state index contributed by atoms with van der Waals surface area (Å²) in [4.78, 5) is 4.51. The number of phenolic OH excluding ortho intramolecular Hbond substituents is 1. The number of ether oxygens (including phenoxy) is 1. The van der Waals surface area contributed by atoms with E-state index in [1.54, 1.807) is 12.3 Å². The van der Waals surface area contributed by atoms with Crippen LogP contribution in [0.5, 0.6) is 11.5 Å². The summed E-state index contributed by atoms with van der Waals surface area (Å²) in [6.07, 6.45) is 28.4. The second-order valence-corrected chi connectivity index (χ2v) is 9.97. The number of rotatable bonds is 24. The first kappa shape index (κ1) is 30.5. The van der Waals surface area contributed by atoms with Crippen LogP contribution in [0.1, 0.15) is 148 Å². The van der Waals surface area contributed by atoms with Gasteiger partial charge in [-0.25, -0.2) is 0 Å². The molecule has 0 saturated carbocycles. The average molecular weight is 474 g/mol. The summed E-state index contributed by atoms with van der Waals surface area (Å²) in [5.41, 5.74) is 0.776. The monoisotopic (exact) mass is 473 g/mol. The SMILES string of the molecule is CCCCCCCCCCCCN=Cc1ccc(OCCCCCCCCCCCC)cc1O. The molecule has 0 unspecified atom stereocenters. The van der Waals surface area contributed by atoms with Crippen molar-refractivity contribution in [2.45, 2.75) is 142 Å². The Balaban J connectivity index is 2.02. The van der Waals surface area contributed by atoms with Gasteiger partial charge in [0.05, 0.1) is 6.61 Å². The summed E-state index contributed by atoms with van der Waals surface area (Å²) in [6.45, 7) is 6.11. The first-order valence-corrected chi connectivity index (χ1v) is 14.7. The van der Waals surface area contributed by atoms with Crippen molar-refractivity contribution in [1.82, 2.24) is 0 Å².